The first-order valence-electron chi connectivity index (χ1n) is 5.04. The number of carbonyl (C=O) groups excluding carboxylic acids is 1. The molecule has 0 aromatic carbocycles. The van der Waals surface area contributed by atoms with Crippen molar-refractivity contribution >= 4 is 34.1 Å². The molecule has 0 radical (unpaired) electrons. The fourth-order valence-corrected chi connectivity index (χ4v) is 2.41. The zero-order chi connectivity index (χ0) is 12.0. The number of nitrogens with one attached hydrogen (secondary N) is 2. The molecule has 0 aliphatic heterocycles. The van der Waals surface area contributed by atoms with Crippen LogP contribution in [0.25, 0.3) is 0 Å². The molecule has 1 rings (SSSR count). The molecule has 1 heterocycles. The van der Waals surface area contributed by atoms with E-state index >= 15 is 0 Å². The van der Waals surface area contributed by atoms with Crippen LogP contribution in [0.4, 0.5) is 5.13 Å². The predicted octanol–water partition coefficient (Wildman–Crippen LogP) is 1.45. The number of thioether (sulfide) groups is 1. The second kappa shape index (κ2) is 6.70. The van der Waals surface area contributed by atoms with Gasteiger partial charge in [-0.05, 0) is 20.1 Å². The highest BCUT2D eigenvalue weighted by atomic mass is 32.2. The molecule has 7 heteroatoms. The zero-order valence-electron chi connectivity index (χ0n) is 9.61. The van der Waals surface area contributed by atoms with E-state index in [4.69, 9.17) is 0 Å². The van der Waals surface area contributed by atoms with Gasteiger partial charge < -0.3 is 10.6 Å². The summed E-state index contributed by atoms with van der Waals surface area (Å²) in [5.41, 5.74) is 0. The first-order valence-corrected chi connectivity index (χ1v) is 7.25. The summed E-state index contributed by atoms with van der Waals surface area (Å²) < 4.78 is 0. The van der Waals surface area contributed by atoms with Crippen molar-refractivity contribution in [1.82, 2.24) is 15.5 Å². The van der Waals surface area contributed by atoms with Gasteiger partial charge in [0.2, 0.25) is 10.1 Å². The Labute approximate surface area is 103 Å². The van der Waals surface area contributed by atoms with Crippen molar-refractivity contribution in [2.45, 2.75) is 19.9 Å². The van der Waals surface area contributed by atoms with Gasteiger partial charge in [0.25, 0.3) is 5.91 Å². The van der Waals surface area contributed by atoms with Crippen LogP contribution in [0.5, 0.6) is 0 Å². The Morgan fingerprint density at radius 1 is 1.56 bits per heavy atom. The Kier molecular flexibility index (Phi) is 5.54. The molecule has 90 valence electrons. The summed E-state index contributed by atoms with van der Waals surface area (Å²) in [5, 5.41) is 14.7. The molecule has 0 saturated heterocycles. The maximum absolute atomic E-state index is 11.7. The lowest BCUT2D eigenvalue weighted by molar-refractivity contribution is 0.0942. The molecule has 1 aromatic heterocycles. The smallest absolute Gasteiger partial charge is 0.282 e. The Bertz CT molecular complexity index is 342. The molecule has 0 spiro atoms. The number of rotatable bonds is 6. The number of carbonyl (C=O) groups is 1. The minimum Gasteiger partial charge on any atom is -0.360 e. The van der Waals surface area contributed by atoms with Crippen LogP contribution in [0.3, 0.4) is 0 Å². The highest BCUT2D eigenvalue weighted by Crippen LogP contribution is 2.14. The van der Waals surface area contributed by atoms with Crippen molar-refractivity contribution in [1.29, 1.82) is 0 Å². The Morgan fingerprint density at radius 2 is 2.31 bits per heavy atom. The predicted molar refractivity (Wildman–Crippen MR) is 69.4 cm³/mol. The van der Waals surface area contributed by atoms with E-state index < -0.39 is 0 Å². The van der Waals surface area contributed by atoms with E-state index in [0.717, 1.165) is 12.3 Å². The van der Waals surface area contributed by atoms with Crippen molar-refractivity contribution < 1.29 is 4.79 Å². The summed E-state index contributed by atoms with van der Waals surface area (Å²) in [6, 6.07) is 0.147. The zero-order valence-corrected chi connectivity index (χ0v) is 11.2. The molecule has 1 atom stereocenters. The molecule has 0 aliphatic rings. The van der Waals surface area contributed by atoms with E-state index in [2.05, 4.69) is 20.8 Å². The van der Waals surface area contributed by atoms with E-state index in [0.29, 0.717) is 10.1 Å². The Balaban J connectivity index is 2.52. The Morgan fingerprint density at radius 3 is 2.94 bits per heavy atom. The van der Waals surface area contributed by atoms with Crippen LogP contribution in [0.2, 0.25) is 0 Å². The van der Waals surface area contributed by atoms with Gasteiger partial charge in [-0.15, -0.1) is 10.2 Å². The molecule has 1 amide bonds. The number of anilines is 1. The molecular formula is C9H16N4OS2. The van der Waals surface area contributed by atoms with Gasteiger partial charge in [-0.25, -0.2) is 0 Å². The van der Waals surface area contributed by atoms with Crippen LogP contribution < -0.4 is 10.6 Å². The molecule has 0 fully saturated rings. The van der Waals surface area contributed by atoms with Gasteiger partial charge in [-0.2, -0.15) is 11.8 Å². The average molecular weight is 260 g/mol. The maximum atomic E-state index is 11.7. The SMILES string of the molecule is CCNc1nnc(C(=O)NC(C)CSC)s1. The molecule has 5 nitrogen and oxygen atoms in total. The molecule has 0 saturated carbocycles. The van der Waals surface area contributed by atoms with Crippen molar-refractivity contribution in [3.05, 3.63) is 5.01 Å². The van der Waals surface area contributed by atoms with Crippen LogP contribution in [-0.4, -0.2) is 40.7 Å². The first-order chi connectivity index (χ1) is 7.67. The van der Waals surface area contributed by atoms with Crippen molar-refractivity contribution in [2.24, 2.45) is 0 Å². The highest BCUT2D eigenvalue weighted by molar-refractivity contribution is 7.98. The maximum Gasteiger partial charge on any atom is 0.282 e. The van der Waals surface area contributed by atoms with Crippen molar-refractivity contribution in [2.75, 3.05) is 23.9 Å². The summed E-state index contributed by atoms with van der Waals surface area (Å²) in [7, 11) is 0. The third-order valence-electron chi connectivity index (χ3n) is 1.74. The van der Waals surface area contributed by atoms with Gasteiger partial charge in [0.15, 0.2) is 0 Å². The second-order valence-electron chi connectivity index (χ2n) is 3.27. The lowest BCUT2D eigenvalue weighted by Crippen LogP contribution is -2.34. The van der Waals surface area contributed by atoms with Crippen LogP contribution in [0.15, 0.2) is 0 Å². The highest BCUT2D eigenvalue weighted by Gasteiger charge is 2.14. The molecule has 0 aliphatic carbocycles. The first kappa shape index (κ1) is 13.2. The topological polar surface area (TPSA) is 66.9 Å². The van der Waals surface area contributed by atoms with Gasteiger partial charge in [-0.1, -0.05) is 11.3 Å². The van der Waals surface area contributed by atoms with Gasteiger partial charge in [0.1, 0.15) is 0 Å². The molecular weight excluding hydrogens is 244 g/mol. The van der Waals surface area contributed by atoms with Crippen LogP contribution in [0, 0.1) is 0 Å². The fraction of sp³-hybridized carbons (Fsp3) is 0.667. The van der Waals surface area contributed by atoms with E-state index in [1.54, 1.807) is 11.8 Å². The number of nitrogens with zero attached hydrogens (tertiary/aromatic N) is 2. The molecule has 2 N–H and O–H groups in total. The summed E-state index contributed by atoms with van der Waals surface area (Å²) in [5.74, 6) is 0.744. The van der Waals surface area contributed by atoms with Gasteiger partial charge in [-0.3, -0.25) is 4.79 Å². The average Bonchev–Trinajstić information content (AvgIpc) is 2.67. The largest absolute Gasteiger partial charge is 0.360 e. The van der Waals surface area contributed by atoms with E-state index in [1.165, 1.54) is 11.3 Å². The van der Waals surface area contributed by atoms with E-state index in [9.17, 15) is 4.79 Å². The van der Waals surface area contributed by atoms with Gasteiger partial charge >= 0.3 is 0 Å². The standard InChI is InChI=1S/C9H16N4OS2/c1-4-10-9-13-12-8(16-9)7(14)11-6(2)5-15-3/h6H,4-5H2,1-3H3,(H,10,13)(H,11,14). The second-order valence-corrected chi connectivity index (χ2v) is 5.16. The van der Waals surface area contributed by atoms with Crippen molar-refractivity contribution in [3.8, 4) is 0 Å². The van der Waals surface area contributed by atoms with E-state index in [-0.39, 0.29) is 11.9 Å². The van der Waals surface area contributed by atoms with Crippen molar-refractivity contribution in [3.63, 3.8) is 0 Å². The van der Waals surface area contributed by atoms with Gasteiger partial charge in [0.05, 0.1) is 0 Å². The number of hydrogen-bond donors (Lipinski definition) is 2. The quantitative estimate of drug-likeness (QED) is 0.810. The number of aromatic nitrogens is 2. The lowest BCUT2D eigenvalue weighted by Gasteiger charge is -2.10. The van der Waals surface area contributed by atoms with E-state index in [1.807, 2.05) is 20.1 Å². The Hall–Kier alpha value is -0.820. The normalized spacial score (nSPS) is 12.2. The van der Waals surface area contributed by atoms with Crippen LogP contribution in [-0.2, 0) is 0 Å². The minimum absolute atomic E-state index is 0.147. The number of hydrogen-bond acceptors (Lipinski definition) is 6. The third kappa shape index (κ3) is 3.97. The monoisotopic (exact) mass is 260 g/mol. The van der Waals surface area contributed by atoms with Crippen LogP contribution in [0.1, 0.15) is 23.6 Å². The van der Waals surface area contributed by atoms with Gasteiger partial charge in [0, 0.05) is 18.3 Å². The summed E-state index contributed by atoms with van der Waals surface area (Å²) >= 11 is 2.97. The summed E-state index contributed by atoms with van der Waals surface area (Å²) in [6.07, 6.45) is 2.01. The fourth-order valence-electron chi connectivity index (χ4n) is 1.11. The third-order valence-corrected chi connectivity index (χ3v) is 3.45. The summed E-state index contributed by atoms with van der Waals surface area (Å²) in [6.45, 7) is 4.72. The molecule has 0 bridgehead atoms. The minimum atomic E-state index is -0.150. The molecule has 1 aromatic rings. The lowest BCUT2D eigenvalue weighted by atomic mass is 10.4. The number of amides is 1. The molecule has 16 heavy (non-hydrogen) atoms. The molecule has 1 unspecified atom stereocenters. The summed E-state index contributed by atoms with van der Waals surface area (Å²) in [4.78, 5) is 11.7. The van der Waals surface area contributed by atoms with Crippen LogP contribution >= 0.6 is 23.1 Å².